The van der Waals surface area contributed by atoms with Crippen LogP contribution >= 0.6 is 34.2 Å². The fourth-order valence-electron chi connectivity index (χ4n) is 2.13. The second-order valence-corrected chi connectivity index (χ2v) is 5.88. The molecule has 3 aromatic rings. The SMILES string of the molecule is O=Cc1nn(-c2ccccc2)c(-c2ccccc2Cl)c1I. The monoisotopic (exact) mass is 408 g/mol. The summed E-state index contributed by atoms with van der Waals surface area (Å²) >= 11 is 8.45. The molecule has 0 bridgehead atoms. The molecule has 0 aliphatic heterocycles. The van der Waals surface area contributed by atoms with Crippen molar-refractivity contribution in [1.82, 2.24) is 9.78 Å². The van der Waals surface area contributed by atoms with Crippen LogP contribution in [-0.2, 0) is 0 Å². The van der Waals surface area contributed by atoms with E-state index in [4.69, 9.17) is 11.6 Å². The van der Waals surface area contributed by atoms with E-state index in [2.05, 4.69) is 27.7 Å². The quantitative estimate of drug-likeness (QED) is 0.469. The topological polar surface area (TPSA) is 34.9 Å². The van der Waals surface area contributed by atoms with Gasteiger partial charge in [0.15, 0.2) is 6.29 Å². The van der Waals surface area contributed by atoms with Crippen molar-refractivity contribution >= 4 is 40.5 Å². The van der Waals surface area contributed by atoms with Crippen LogP contribution in [0.15, 0.2) is 54.6 Å². The minimum Gasteiger partial charge on any atom is -0.296 e. The number of rotatable bonds is 3. The van der Waals surface area contributed by atoms with E-state index in [-0.39, 0.29) is 0 Å². The molecule has 0 aliphatic rings. The molecule has 0 saturated heterocycles. The predicted octanol–water partition coefficient (Wildman–Crippen LogP) is 4.61. The van der Waals surface area contributed by atoms with Gasteiger partial charge in [0, 0.05) is 10.6 Å². The maximum absolute atomic E-state index is 11.2. The summed E-state index contributed by atoms with van der Waals surface area (Å²) in [6.07, 6.45) is 0.765. The fraction of sp³-hybridized carbons (Fsp3) is 0. The van der Waals surface area contributed by atoms with Crippen molar-refractivity contribution in [2.24, 2.45) is 0 Å². The standard InChI is InChI=1S/C16H10ClIN2O/c17-13-9-5-4-8-12(13)16-15(18)14(10-21)19-20(16)11-6-2-1-3-7-11/h1-10H. The Labute approximate surface area is 140 Å². The Kier molecular flexibility index (Phi) is 4.07. The first-order valence-corrected chi connectivity index (χ1v) is 7.72. The van der Waals surface area contributed by atoms with Crippen molar-refractivity contribution in [2.45, 2.75) is 0 Å². The maximum atomic E-state index is 11.2. The summed E-state index contributed by atoms with van der Waals surface area (Å²) in [7, 11) is 0. The molecule has 0 radical (unpaired) electrons. The third kappa shape index (κ3) is 2.61. The molecule has 0 N–H and O–H groups in total. The van der Waals surface area contributed by atoms with Crippen LogP contribution in [0.4, 0.5) is 0 Å². The van der Waals surface area contributed by atoms with Crippen molar-refractivity contribution in [1.29, 1.82) is 0 Å². The van der Waals surface area contributed by atoms with Crippen LogP contribution in [0.3, 0.4) is 0 Å². The van der Waals surface area contributed by atoms with Gasteiger partial charge in [-0.15, -0.1) is 0 Å². The van der Waals surface area contributed by atoms with Crippen LogP contribution in [0.1, 0.15) is 10.5 Å². The minimum absolute atomic E-state index is 0.411. The van der Waals surface area contributed by atoms with Crippen LogP contribution in [0.5, 0.6) is 0 Å². The number of aromatic nitrogens is 2. The predicted molar refractivity (Wildman–Crippen MR) is 92.1 cm³/mol. The fourth-order valence-corrected chi connectivity index (χ4v) is 3.11. The van der Waals surface area contributed by atoms with Crippen molar-refractivity contribution in [2.75, 3.05) is 0 Å². The summed E-state index contributed by atoms with van der Waals surface area (Å²) in [5.41, 5.74) is 2.98. The van der Waals surface area contributed by atoms with Crippen LogP contribution in [0.2, 0.25) is 5.02 Å². The number of hydrogen-bond donors (Lipinski definition) is 0. The lowest BCUT2D eigenvalue weighted by atomic mass is 10.1. The first-order valence-electron chi connectivity index (χ1n) is 6.26. The number of carbonyl (C=O) groups excluding carboxylic acids is 1. The molecular formula is C16H10ClIN2O. The Morgan fingerprint density at radius 3 is 2.38 bits per heavy atom. The second-order valence-electron chi connectivity index (χ2n) is 4.39. The van der Waals surface area contributed by atoms with Gasteiger partial charge < -0.3 is 0 Å². The molecule has 5 heteroatoms. The first kappa shape index (κ1) is 14.3. The highest BCUT2D eigenvalue weighted by Crippen LogP contribution is 2.34. The third-order valence-corrected chi connectivity index (χ3v) is 4.49. The number of carbonyl (C=O) groups is 1. The van der Waals surface area contributed by atoms with Gasteiger partial charge in [-0.2, -0.15) is 5.10 Å². The van der Waals surface area contributed by atoms with Gasteiger partial charge in [0.05, 0.1) is 15.0 Å². The van der Waals surface area contributed by atoms with Crippen LogP contribution < -0.4 is 0 Å². The van der Waals surface area contributed by atoms with Gasteiger partial charge in [0.1, 0.15) is 5.69 Å². The molecule has 0 unspecified atom stereocenters. The van der Waals surface area contributed by atoms with E-state index in [1.54, 1.807) is 4.68 Å². The molecular weight excluding hydrogens is 399 g/mol. The molecule has 21 heavy (non-hydrogen) atoms. The molecule has 0 saturated carbocycles. The lowest BCUT2D eigenvalue weighted by molar-refractivity contribution is 0.111. The highest BCUT2D eigenvalue weighted by molar-refractivity contribution is 14.1. The van der Waals surface area contributed by atoms with Gasteiger partial charge in [-0.1, -0.05) is 48.0 Å². The van der Waals surface area contributed by atoms with Gasteiger partial charge in [0.2, 0.25) is 0 Å². The van der Waals surface area contributed by atoms with Crippen molar-refractivity contribution in [3.8, 4) is 16.9 Å². The highest BCUT2D eigenvalue weighted by atomic mass is 127. The van der Waals surface area contributed by atoms with Crippen molar-refractivity contribution in [3.63, 3.8) is 0 Å². The van der Waals surface area contributed by atoms with E-state index in [0.717, 1.165) is 26.8 Å². The minimum atomic E-state index is 0.411. The van der Waals surface area contributed by atoms with Crippen LogP contribution in [0, 0.1) is 3.57 Å². The Balaban J connectivity index is 2.31. The molecule has 1 heterocycles. The normalized spacial score (nSPS) is 10.6. The van der Waals surface area contributed by atoms with Crippen molar-refractivity contribution in [3.05, 3.63) is 68.9 Å². The number of nitrogens with zero attached hydrogens (tertiary/aromatic N) is 2. The molecule has 2 aromatic carbocycles. The van der Waals surface area contributed by atoms with Gasteiger partial charge in [-0.25, -0.2) is 4.68 Å². The van der Waals surface area contributed by atoms with Crippen molar-refractivity contribution < 1.29 is 4.79 Å². The second kappa shape index (κ2) is 5.99. The van der Waals surface area contributed by atoms with E-state index in [1.807, 2.05) is 54.6 Å². The molecule has 3 nitrogen and oxygen atoms in total. The average molecular weight is 409 g/mol. The van der Waals surface area contributed by atoms with Crippen LogP contribution in [0.25, 0.3) is 16.9 Å². The molecule has 3 rings (SSSR count). The summed E-state index contributed by atoms with van der Waals surface area (Å²) in [6, 6.07) is 17.2. The zero-order valence-electron chi connectivity index (χ0n) is 10.8. The smallest absolute Gasteiger partial charge is 0.171 e. The van der Waals surface area contributed by atoms with E-state index in [9.17, 15) is 4.79 Å². The number of halogens is 2. The molecule has 0 aliphatic carbocycles. The number of hydrogen-bond acceptors (Lipinski definition) is 2. The number of aldehydes is 1. The maximum Gasteiger partial charge on any atom is 0.171 e. The van der Waals surface area contributed by atoms with E-state index >= 15 is 0 Å². The Bertz CT molecular complexity index is 799. The van der Waals surface area contributed by atoms with Gasteiger partial charge >= 0.3 is 0 Å². The molecule has 0 spiro atoms. The lowest BCUT2D eigenvalue weighted by Crippen LogP contribution is -1.99. The van der Waals surface area contributed by atoms with E-state index in [1.165, 1.54) is 0 Å². The highest BCUT2D eigenvalue weighted by Gasteiger charge is 2.19. The molecule has 0 atom stereocenters. The molecule has 1 aromatic heterocycles. The Morgan fingerprint density at radius 2 is 1.71 bits per heavy atom. The van der Waals surface area contributed by atoms with E-state index in [0.29, 0.717) is 10.7 Å². The summed E-state index contributed by atoms with van der Waals surface area (Å²) in [4.78, 5) is 11.2. The Hall–Kier alpha value is -1.66. The zero-order chi connectivity index (χ0) is 14.8. The first-order chi connectivity index (χ1) is 10.2. The Morgan fingerprint density at radius 1 is 1.05 bits per heavy atom. The molecule has 0 amide bonds. The molecule has 0 fully saturated rings. The third-order valence-electron chi connectivity index (χ3n) is 3.09. The largest absolute Gasteiger partial charge is 0.296 e. The summed E-state index contributed by atoms with van der Waals surface area (Å²) in [6.45, 7) is 0. The lowest BCUT2D eigenvalue weighted by Gasteiger charge is -2.09. The van der Waals surface area contributed by atoms with Gasteiger partial charge in [0.25, 0.3) is 0 Å². The summed E-state index contributed by atoms with van der Waals surface area (Å²) in [5.74, 6) is 0. The average Bonchev–Trinajstić information content (AvgIpc) is 2.85. The number of benzene rings is 2. The van der Waals surface area contributed by atoms with Crippen LogP contribution in [-0.4, -0.2) is 16.1 Å². The zero-order valence-corrected chi connectivity index (χ0v) is 13.7. The van der Waals surface area contributed by atoms with E-state index < -0.39 is 0 Å². The van der Waals surface area contributed by atoms with Gasteiger partial charge in [-0.3, -0.25) is 4.79 Å². The number of para-hydroxylation sites is 1. The van der Waals surface area contributed by atoms with Gasteiger partial charge in [-0.05, 0) is 40.8 Å². The molecule has 104 valence electrons. The summed E-state index contributed by atoms with van der Waals surface area (Å²) < 4.78 is 2.55. The summed E-state index contributed by atoms with van der Waals surface area (Å²) in [5, 5.41) is 5.03.